The van der Waals surface area contributed by atoms with Crippen LogP contribution in [-0.4, -0.2) is 42.4 Å². The summed E-state index contributed by atoms with van der Waals surface area (Å²) in [5.41, 5.74) is 0. The zero-order chi connectivity index (χ0) is 9.68. The van der Waals surface area contributed by atoms with Gasteiger partial charge in [0.1, 0.15) is 0 Å². The van der Waals surface area contributed by atoms with E-state index in [9.17, 15) is 4.79 Å². The molecule has 1 aliphatic heterocycles. The fourth-order valence-corrected chi connectivity index (χ4v) is 1.94. The first-order chi connectivity index (χ1) is 6.27. The third kappa shape index (κ3) is 3.27. The highest BCUT2D eigenvalue weighted by Crippen LogP contribution is 2.13. The smallest absolute Gasteiger partial charge is 0.223 e. The summed E-state index contributed by atoms with van der Waals surface area (Å²) in [6.07, 6.45) is 2.98. The van der Waals surface area contributed by atoms with E-state index in [1.165, 1.54) is 0 Å². The SMILES string of the molecule is COC1CCCN(C(=O)CCBr)C1. The molecule has 4 heteroatoms. The summed E-state index contributed by atoms with van der Waals surface area (Å²) in [7, 11) is 1.71. The maximum absolute atomic E-state index is 11.5. The fraction of sp³-hybridized carbons (Fsp3) is 0.889. The number of amides is 1. The minimum absolute atomic E-state index is 0.235. The highest BCUT2D eigenvalue weighted by Gasteiger charge is 2.22. The van der Waals surface area contributed by atoms with E-state index < -0.39 is 0 Å². The molecule has 13 heavy (non-hydrogen) atoms. The molecule has 76 valence electrons. The molecule has 0 N–H and O–H groups in total. The van der Waals surface area contributed by atoms with E-state index in [-0.39, 0.29) is 12.0 Å². The second kappa shape index (κ2) is 5.60. The summed E-state index contributed by atoms with van der Waals surface area (Å²) in [6, 6.07) is 0. The summed E-state index contributed by atoms with van der Waals surface area (Å²) in [6.45, 7) is 1.66. The highest BCUT2D eigenvalue weighted by atomic mass is 79.9. The number of likely N-dealkylation sites (tertiary alicyclic amines) is 1. The van der Waals surface area contributed by atoms with Crippen LogP contribution in [0.5, 0.6) is 0 Å². The normalized spacial score (nSPS) is 23.2. The van der Waals surface area contributed by atoms with Gasteiger partial charge in [0.2, 0.25) is 5.91 Å². The summed E-state index contributed by atoms with van der Waals surface area (Å²) >= 11 is 3.27. The predicted octanol–water partition coefficient (Wildman–Crippen LogP) is 1.41. The Labute approximate surface area is 87.6 Å². The van der Waals surface area contributed by atoms with Crippen molar-refractivity contribution in [1.29, 1.82) is 0 Å². The van der Waals surface area contributed by atoms with Crippen LogP contribution in [0.3, 0.4) is 0 Å². The van der Waals surface area contributed by atoms with Gasteiger partial charge in [-0.15, -0.1) is 0 Å². The quantitative estimate of drug-likeness (QED) is 0.709. The van der Waals surface area contributed by atoms with Crippen LogP contribution in [0.4, 0.5) is 0 Å². The number of halogens is 1. The third-order valence-corrected chi connectivity index (χ3v) is 2.77. The number of rotatable bonds is 3. The Morgan fingerprint density at radius 1 is 1.69 bits per heavy atom. The van der Waals surface area contributed by atoms with Gasteiger partial charge >= 0.3 is 0 Å². The number of hydrogen-bond acceptors (Lipinski definition) is 2. The van der Waals surface area contributed by atoms with Gasteiger partial charge in [-0.25, -0.2) is 0 Å². The van der Waals surface area contributed by atoms with Crippen molar-refractivity contribution in [2.45, 2.75) is 25.4 Å². The van der Waals surface area contributed by atoms with Gasteiger partial charge in [0.15, 0.2) is 0 Å². The Bertz CT molecular complexity index is 175. The first kappa shape index (κ1) is 11.0. The molecular formula is C9H16BrNO2. The maximum atomic E-state index is 11.5. The van der Waals surface area contributed by atoms with Crippen LogP contribution in [-0.2, 0) is 9.53 Å². The number of ether oxygens (including phenoxy) is 1. The molecule has 0 bridgehead atoms. The van der Waals surface area contributed by atoms with Crippen LogP contribution < -0.4 is 0 Å². The van der Waals surface area contributed by atoms with Gasteiger partial charge in [-0.05, 0) is 12.8 Å². The lowest BCUT2D eigenvalue weighted by atomic mass is 10.1. The molecule has 3 nitrogen and oxygen atoms in total. The summed E-state index contributed by atoms with van der Waals surface area (Å²) in [4.78, 5) is 13.4. The lowest BCUT2D eigenvalue weighted by Crippen LogP contribution is -2.42. The van der Waals surface area contributed by atoms with Crippen molar-refractivity contribution in [3.63, 3.8) is 0 Å². The summed E-state index contributed by atoms with van der Waals surface area (Å²) < 4.78 is 5.24. The molecule has 1 aliphatic rings. The van der Waals surface area contributed by atoms with Gasteiger partial charge in [-0.1, -0.05) is 15.9 Å². The Kier molecular flexibility index (Phi) is 4.73. The number of nitrogens with zero attached hydrogens (tertiary/aromatic N) is 1. The van der Waals surface area contributed by atoms with Crippen molar-refractivity contribution in [2.75, 3.05) is 25.5 Å². The highest BCUT2D eigenvalue weighted by molar-refractivity contribution is 9.09. The number of carbonyl (C=O) groups excluding carboxylic acids is 1. The topological polar surface area (TPSA) is 29.5 Å². The molecule has 1 heterocycles. The van der Waals surface area contributed by atoms with E-state index in [1.807, 2.05) is 4.90 Å². The molecule has 0 aromatic carbocycles. The van der Waals surface area contributed by atoms with E-state index in [0.29, 0.717) is 6.42 Å². The molecule has 1 atom stereocenters. The number of carbonyl (C=O) groups is 1. The van der Waals surface area contributed by atoms with Crippen molar-refractivity contribution in [1.82, 2.24) is 4.90 Å². The van der Waals surface area contributed by atoms with Crippen molar-refractivity contribution >= 4 is 21.8 Å². The van der Waals surface area contributed by atoms with Crippen LogP contribution in [0.1, 0.15) is 19.3 Å². The molecule has 1 amide bonds. The van der Waals surface area contributed by atoms with Crippen LogP contribution in [0.25, 0.3) is 0 Å². The molecule has 0 aliphatic carbocycles. The number of hydrogen-bond donors (Lipinski definition) is 0. The first-order valence-corrected chi connectivity index (χ1v) is 5.76. The van der Waals surface area contributed by atoms with Gasteiger partial charge in [0.25, 0.3) is 0 Å². The largest absolute Gasteiger partial charge is 0.380 e. The molecule has 0 aromatic heterocycles. The lowest BCUT2D eigenvalue weighted by molar-refractivity contribution is -0.134. The zero-order valence-electron chi connectivity index (χ0n) is 7.96. The van der Waals surface area contributed by atoms with E-state index in [4.69, 9.17) is 4.74 Å². The average Bonchev–Trinajstić information content (AvgIpc) is 2.18. The van der Waals surface area contributed by atoms with Crippen molar-refractivity contribution < 1.29 is 9.53 Å². The first-order valence-electron chi connectivity index (χ1n) is 4.64. The molecule has 0 aromatic rings. The number of methoxy groups -OCH3 is 1. The molecule has 1 saturated heterocycles. The molecule has 1 fully saturated rings. The van der Waals surface area contributed by atoms with Crippen LogP contribution in [0.15, 0.2) is 0 Å². The monoisotopic (exact) mass is 249 g/mol. The minimum atomic E-state index is 0.235. The zero-order valence-corrected chi connectivity index (χ0v) is 9.55. The van der Waals surface area contributed by atoms with Crippen LogP contribution in [0, 0.1) is 0 Å². The van der Waals surface area contributed by atoms with Crippen molar-refractivity contribution in [2.24, 2.45) is 0 Å². The Hall–Kier alpha value is -0.0900. The molecule has 1 unspecified atom stereocenters. The van der Waals surface area contributed by atoms with Gasteiger partial charge in [-0.3, -0.25) is 4.79 Å². The lowest BCUT2D eigenvalue weighted by Gasteiger charge is -2.31. The van der Waals surface area contributed by atoms with E-state index >= 15 is 0 Å². The van der Waals surface area contributed by atoms with E-state index in [2.05, 4.69) is 15.9 Å². The maximum Gasteiger partial charge on any atom is 0.223 e. The Balaban J connectivity index is 2.37. The summed E-state index contributed by atoms with van der Waals surface area (Å²) in [5, 5.41) is 0.750. The fourth-order valence-electron chi connectivity index (χ4n) is 1.60. The molecule has 1 rings (SSSR count). The average molecular weight is 250 g/mol. The van der Waals surface area contributed by atoms with Crippen molar-refractivity contribution in [3.8, 4) is 0 Å². The van der Waals surface area contributed by atoms with Gasteiger partial charge < -0.3 is 9.64 Å². The van der Waals surface area contributed by atoms with Gasteiger partial charge in [0.05, 0.1) is 6.10 Å². The second-order valence-electron chi connectivity index (χ2n) is 3.28. The predicted molar refractivity (Wildman–Crippen MR) is 55.0 cm³/mol. The van der Waals surface area contributed by atoms with Crippen LogP contribution in [0.2, 0.25) is 0 Å². The van der Waals surface area contributed by atoms with E-state index in [1.54, 1.807) is 7.11 Å². The molecule has 0 saturated carbocycles. The molecular weight excluding hydrogens is 234 g/mol. The minimum Gasteiger partial charge on any atom is -0.380 e. The second-order valence-corrected chi connectivity index (χ2v) is 4.07. The van der Waals surface area contributed by atoms with Crippen LogP contribution >= 0.6 is 15.9 Å². The molecule has 0 spiro atoms. The summed E-state index contributed by atoms with van der Waals surface area (Å²) in [5.74, 6) is 0.235. The number of piperidine rings is 1. The van der Waals surface area contributed by atoms with Gasteiger partial charge in [-0.2, -0.15) is 0 Å². The third-order valence-electron chi connectivity index (χ3n) is 2.37. The Morgan fingerprint density at radius 2 is 2.46 bits per heavy atom. The molecule has 0 radical (unpaired) electrons. The Morgan fingerprint density at radius 3 is 3.08 bits per heavy atom. The van der Waals surface area contributed by atoms with E-state index in [0.717, 1.165) is 31.3 Å². The number of alkyl halides is 1. The van der Waals surface area contributed by atoms with Crippen molar-refractivity contribution in [3.05, 3.63) is 0 Å². The standard InChI is InChI=1S/C9H16BrNO2/c1-13-8-3-2-6-11(7-8)9(12)4-5-10/h8H,2-7H2,1H3. The van der Waals surface area contributed by atoms with Gasteiger partial charge in [0, 0.05) is 32.0 Å².